The molecular formula is C13H10F14O4. The number of carboxylic acids is 1. The van der Waals surface area contributed by atoms with Crippen LogP contribution in [0.15, 0.2) is 0 Å². The molecular weight excluding hydrogens is 486 g/mol. The van der Waals surface area contributed by atoms with Crippen LogP contribution in [0.25, 0.3) is 0 Å². The number of carbonyl (C=O) groups is 2. The van der Waals surface area contributed by atoms with Crippen molar-refractivity contribution in [3.05, 3.63) is 0 Å². The Labute approximate surface area is 162 Å². The average Bonchev–Trinajstić information content (AvgIpc) is 2.57. The molecule has 0 heterocycles. The summed E-state index contributed by atoms with van der Waals surface area (Å²) < 4.78 is 190. The van der Waals surface area contributed by atoms with Crippen LogP contribution < -0.4 is 0 Å². The Morgan fingerprint density at radius 1 is 0.677 bits per heavy atom. The van der Waals surface area contributed by atoms with Crippen molar-refractivity contribution in [3.63, 3.8) is 0 Å². The molecule has 0 aliphatic heterocycles. The predicted octanol–water partition coefficient (Wildman–Crippen LogP) is 4.86. The Morgan fingerprint density at radius 2 is 1.03 bits per heavy atom. The maximum absolute atomic E-state index is 13.5. The highest BCUT2D eigenvalue weighted by Gasteiger charge is 2.93. The SMILES string of the molecule is CC(=O)OCCCC(F)(F)C(F)(F)C(F)(F)C(F)(F)C(F)(F)C(F)(F)C(F)(F)C(=O)O. The van der Waals surface area contributed by atoms with Gasteiger partial charge >= 0.3 is 53.4 Å². The summed E-state index contributed by atoms with van der Waals surface area (Å²) in [6.45, 7) is -0.487. The van der Waals surface area contributed by atoms with E-state index in [-0.39, 0.29) is 0 Å². The van der Waals surface area contributed by atoms with Crippen molar-refractivity contribution in [2.45, 2.75) is 61.2 Å². The Bertz CT molecular complexity index is 688. The molecule has 0 unspecified atom stereocenters. The number of aliphatic carboxylic acids is 1. The number of ether oxygens (including phenoxy) is 1. The summed E-state index contributed by atoms with van der Waals surface area (Å²) in [7, 11) is 0. The largest absolute Gasteiger partial charge is 0.477 e. The quantitative estimate of drug-likeness (QED) is 0.252. The molecule has 0 fully saturated rings. The number of rotatable bonds is 11. The van der Waals surface area contributed by atoms with Crippen LogP contribution in [0.5, 0.6) is 0 Å². The maximum Gasteiger partial charge on any atom is 0.410 e. The van der Waals surface area contributed by atoms with E-state index in [9.17, 15) is 71.1 Å². The van der Waals surface area contributed by atoms with Crippen molar-refractivity contribution in [2.24, 2.45) is 0 Å². The number of hydrogen-bond acceptors (Lipinski definition) is 3. The lowest BCUT2D eigenvalue weighted by Gasteiger charge is -2.42. The zero-order valence-corrected chi connectivity index (χ0v) is 14.6. The average molecular weight is 496 g/mol. The van der Waals surface area contributed by atoms with Gasteiger partial charge in [-0.1, -0.05) is 0 Å². The molecule has 0 amide bonds. The molecule has 0 aromatic rings. The number of halogens is 14. The number of carboxylic acid groups (broad SMARTS) is 1. The molecule has 184 valence electrons. The van der Waals surface area contributed by atoms with Crippen LogP contribution in [0, 0.1) is 0 Å². The highest BCUT2D eigenvalue weighted by molar-refractivity contribution is 5.77. The molecule has 0 radical (unpaired) electrons. The molecule has 4 nitrogen and oxygen atoms in total. The van der Waals surface area contributed by atoms with Crippen LogP contribution in [0.1, 0.15) is 19.8 Å². The van der Waals surface area contributed by atoms with Gasteiger partial charge in [0, 0.05) is 13.3 Å². The maximum atomic E-state index is 13.5. The first-order valence-corrected chi connectivity index (χ1v) is 7.37. The van der Waals surface area contributed by atoms with E-state index < -0.39 is 72.8 Å². The highest BCUT2D eigenvalue weighted by Crippen LogP contribution is 2.62. The molecule has 0 atom stereocenters. The van der Waals surface area contributed by atoms with Crippen LogP contribution >= 0.6 is 0 Å². The number of hydrogen-bond donors (Lipinski definition) is 1. The molecule has 0 aromatic carbocycles. The van der Waals surface area contributed by atoms with Crippen LogP contribution in [-0.4, -0.2) is 65.1 Å². The van der Waals surface area contributed by atoms with Gasteiger partial charge < -0.3 is 9.84 Å². The van der Waals surface area contributed by atoms with E-state index in [1.165, 1.54) is 0 Å². The third-order valence-electron chi connectivity index (χ3n) is 3.64. The predicted molar refractivity (Wildman–Crippen MR) is 68.1 cm³/mol. The number of alkyl halides is 14. The van der Waals surface area contributed by atoms with Crippen LogP contribution in [0.2, 0.25) is 0 Å². The van der Waals surface area contributed by atoms with E-state index in [1.54, 1.807) is 0 Å². The first-order valence-electron chi connectivity index (χ1n) is 7.37. The van der Waals surface area contributed by atoms with Gasteiger partial charge in [0.25, 0.3) is 0 Å². The van der Waals surface area contributed by atoms with E-state index in [0.717, 1.165) is 0 Å². The third-order valence-corrected chi connectivity index (χ3v) is 3.64. The minimum Gasteiger partial charge on any atom is -0.477 e. The van der Waals surface area contributed by atoms with Gasteiger partial charge in [-0.3, -0.25) is 4.79 Å². The third kappa shape index (κ3) is 4.33. The van der Waals surface area contributed by atoms with Crippen LogP contribution in [0.4, 0.5) is 61.5 Å². The summed E-state index contributed by atoms with van der Waals surface area (Å²) in [5.74, 6) is -59.2. The van der Waals surface area contributed by atoms with Crippen molar-refractivity contribution in [3.8, 4) is 0 Å². The van der Waals surface area contributed by atoms with E-state index in [2.05, 4.69) is 4.74 Å². The number of esters is 1. The molecule has 1 N–H and O–H groups in total. The zero-order chi connectivity index (χ0) is 25.5. The van der Waals surface area contributed by atoms with Crippen molar-refractivity contribution >= 4 is 11.9 Å². The van der Waals surface area contributed by atoms with Gasteiger partial charge in [0.15, 0.2) is 0 Å². The Hall–Kier alpha value is -2.04. The fourth-order valence-electron chi connectivity index (χ4n) is 1.82. The Morgan fingerprint density at radius 3 is 1.39 bits per heavy atom. The Kier molecular flexibility index (Phi) is 7.61. The second kappa shape index (κ2) is 8.14. The van der Waals surface area contributed by atoms with Gasteiger partial charge in [0.05, 0.1) is 6.61 Å². The second-order valence-corrected chi connectivity index (χ2v) is 5.90. The van der Waals surface area contributed by atoms with Gasteiger partial charge in [-0.2, -0.15) is 61.5 Å². The molecule has 0 aromatic heterocycles. The summed E-state index contributed by atoms with van der Waals surface area (Å²) in [6, 6.07) is 0. The van der Waals surface area contributed by atoms with Gasteiger partial charge in [0.2, 0.25) is 0 Å². The summed E-state index contributed by atoms with van der Waals surface area (Å²) >= 11 is 0. The van der Waals surface area contributed by atoms with Crippen molar-refractivity contribution in [2.75, 3.05) is 6.61 Å². The summed E-state index contributed by atoms with van der Waals surface area (Å²) in [5.41, 5.74) is 0. The topological polar surface area (TPSA) is 63.6 Å². The molecule has 0 saturated heterocycles. The minimum absolute atomic E-state index is 0.677. The van der Waals surface area contributed by atoms with Gasteiger partial charge in [-0.15, -0.1) is 0 Å². The standard InChI is InChI=1S/C13H10F14O4/c1-5(28)31-4-2-3-7(14,15)9(18,19)11(22,23)13(26,27)12(24,25)10(20,21)8(16,17)6(29)30/h2-4H2,1H3,(H,29,30). The second-order valence-electron chi connectivity index (χ2n) is 5.90. The van der Waals surface area contributed by atoms with E-state index in [4.69, 9.17) is 5.11 Å². The summed E-state index contributed by atoms with van der Waals surface area (Å²) in [5, 5.41) is 7.76. The fraction of sp³-hybridized carbons (Fsp3) is 0.846. The summed E-state index contributed by atoms with van der Waals surface area (Å²) in [4.78, 5) is 20.3. The van der Waals surface area contributed by atoms with Crippen LogP contribution in [0.3, 0.4) is 0 Å². The molecule has 0 rings (SSSR count). The first-order chi connectivity index (χ1) is 13.4. The molecule has 0 aliphatic rings. The lowest BCUT2D eigenvalue weighted by Crippen LogP contribution is -2.73. The number of carbonyl (C=O) groups excluding carboxylic acids is 1. The fourth-order valence-corrected chi connectivity index (χ4v) is 1.82. The van der Waals surface area contributed by atoms with Gasteiger partial charge in [0.1, 0.15) is 0 Å². The molecule has 18 heteroatoms. The van der Waals surface area contributed by atoms with Crippen molar-refractivity contribution in [1.29, 1.82) is 0 Å². The molecule has 0 bridgehead atoms. The Balaban J connectivity index is 6.25. The zero-order valence-electron chi connectivity index (χ0n) is 14.6. The minimum atomic E-state index is -8.33. The normalized spacial score (nSPS) is 15.1. The van der Waals surface area contributed by atoms with Crippen LogP contribution in [-0.2, 0) is 14.3 Å². The lowest BCUT2D eigenvalue weighted by molar-refractivity contribution is -0.438. The molecule has 0 spiro atoms. The summed E-state index contributed by atoms with van der Waals surface area (Å²) in [6.07, 6.45) is -3.97. The molecule has 0 aliphatic carbocycles. The monoisotopic (exact) mass is 496 g/mol. The smallest absolute Gasteiger partial charge is 0.410 e. The van der Waals surface area contributed by atoms with E-state index in [1.807, 2.05) is 0 Å². The van der Waals surface area contributed by atoms with E-state index in [0.29, 0.717) is 6.92 Å². The lowest BCUT2D eigenvalue weighted by atomic mass is 9.88. The first kappa shape index (κ1) is 29.0. The molecule has 31 heavy (non-hydrogen) atoms. The van der Waals surface area contributed by atoms with Crippen molar-refractivity contribution in [1.82, 2.24) is 0 Å². The van der Waals surface area contributed by atoms with E-state index >= 15 is 0 Å². The van der Waals surface area contributed by atoms with Gasteiger partial charge in [-0.25, -0.2) is 4.79 Å². The van der Waals surface area contributed by atoms with Crippen molar-refractivity contribution < 1.29 is 80.9 Å². The molecule has 0 saturated carbocycles. The highest BCUT2D eigenvalue weighted by atomic mass is 19.4. The van der Waals surface area contributed by atoms with Gasteiger partial charge in [-0.05, 0) is 6.42 Å².